The first kappa shape index (κ1) is 33.5. The zero-order valence-corrected chi connectivity index (χ0v) is 28.5. The van der Waals surface area contributed by atoms with Crippen LogP contribution in [0.1, 0.15) is 54.5 Å². The maximum atomic E-state index is 15.5. The predicted molar refractivity (Wildman–Crippen MR) is 178 cm³/mol. The Morgan fingerprint density at radius 2 is 1.94 bits per heavy atom. The van der Waals surface area contributed by atoms with Gasteiger partial charge in [-0.2, -0.15) is 9.97 Å². The summed E-state index contributed by atoms with van der Waals surface area (Å²) in [4.78, 5) is 22.6. The number of benzene rings is 1. The summed E-state index contributed by atoms with van der Waals surface area (Å²) < 4.78 is 51.5. The largest absolute Gasteiger partial charge is 0.461 e. The molecule has 4 aliphatic heterocycles. The highest BCUT2D eigenvalue weighted by molar-refractivity contribution is 6.44. The van der Waals surface area contributed by atoms with Crippen LogP contribution in [0.5, 0.6) is 6.01 Å². The van der Waals surface area contributed by atoms with Gasteiger partial charge in [0.15, 0.2) is 0 Å². The molecule has 260 valence electrons. The SMILES string of the molecule is CN(C)C(O)C(N)=C(Cl)C1=NCCCN(c2nc(OC[C@@]34CCCN3C[C@H](F)C4)nc3c2CN(C)[C@@]2(CCc4c(F)ccc(F)c42)C3)C1. The summed E-state index contributed by atoms with van der Waals surface area (Å²) in [7, 11) is 5.34. The molecule has 5 aliphatic rings. The van der Waals surface area contributed by atoms with Crippen LogP contribution in [-0.4, -0.2) is 114 Å². The number of ether oxygens (including phenoxy) is 1. The minimum absolute atomic E-state index is 0.106. The predicted octanol–water partition coefficient (Wildman–Crippen LogP) is 3.48. The number of aliphatic imine (C=N–C) groups is 1. The van der Waals surface area contributed by atoms with Crippen molar-refractivity contribution in [2.75, 3.05) is 65.4 Å². The Hall–Kier alpha value is -2.97. The van der Waals surface area contributed by atoms with Crippen molar-refractivity contribution in [3.63, 3.8) is 0 Å². The van der Waals surface area contributed by atoms with Gasteiger partial charge in [0.05, 0.1) is 39.8 Å². The molecular weight excluding hydrogens is 645 g/mol. The van der Waals surface area contributed by atoms with Crippen LogP contribution >= 0.6 is 11.6 Å². The van der Waals surface area contributed by atoms with Gasteiger partial charge in [0, 0.05) is 50.1 Å². The van der Waals surface area contributed by atoms with Crippen LogP contribution in [0, 0.1) is 11.6 Å². The Kier molecular flexibility index (Phi) is 8.89. The molecule has 14 heteroatoms. The summed E-state index contributed by atoms with van der Waals surface area (Å²) in [5.74, 6) is -0.159. The van der Waals surface area contributed by atoms with E-state index in [0.717, 1.165) is 24.9 Å². The van der Waals surface area contributed by atoms with Crippen molar-refractivity contribution < 1.29 is 23.0 Å². The summed E-state index contributed by atoms with van der Waals surface area (Å²) in [6.07, 6.45) is 2.31. The summed E-state index contributed by atoms with van der Waals surface area (Å²) >= 11 is 6.76. The quantitative estimate of drug-likeness (QED) is 0.423. The van der Waals surface area contributed by atoms with Gasteiger partial charge in [0.1, 0.15) is 36.5 Å². The van der Waals surface area contributed by atoms with Crippen molar-refractivity contribution in [1.82, 2.24) is 24.7 Å². The van der Waals surface area contributed by atoms with Gasteiger partial charge in [0.25, 0.3) is 0 Å². The van der Waals surface area contributed by atoms with Crippen LogP contribution in [-0.2, 0) is 24.9 Å². The van der Waals surface area contributed by atoms with Crippen molar-refractivity contribution in [2.24, 2.45) is 10.7 Å². The second-order valence-corrected chi connectivity index (χ2v) is 14.7. The molecule has 1 unspecified atom stereocenters. The number of rotatable bonds is 7. The molecule has 3 N–H and O–H groups in total. The van der Waals surface area contributed by atoms with Crippen LogP contribution in [0.2, 0.25) is 0 Å². The highest BCUT2D eigenvalue weighted by Gasteiger charge is 2.51. The number of likely N-dealkylation sites (N-methyl/N-ethyl adjacent to an activating group) is 2. The first-order valence-corrected chi connectivity index (χ1v) is 17.2. The zero-order valence-electron chi connectivity index (χ0n) is 27.8. The van der Waals surface area contributed by atoms with Crippen LogP contribution in [0.15, 0.2) is 27.9 Å². The van der Waals surface area contributed by atoms with Gasteiger partial charge >= 0.3 is 6.01 Å². The number of hydrogen-bond acceptors (Lipinski definition) is 10. The molecule has 1 aliphatic carbocycles. The number of aromatic nitrogens is 2. The second-order valence-electron chi connectivity index (χ2n) is 14.3. The molecule has 1 aromatic carbocycles. The Balaban J connectivity index is 1.28. The van der Waals surface area contributed by atoms with Gasteiger partial charge in [0.2, 0.25) is 0 Å². The van der Waals surface area contributed by atoms with Gasteiger partial charge in [-0.15, -0.1) is 0 Å². The van der Waals surface area contributed by atoms with E-state index in [0.29, 0.717) is 86.6 Å². The summed E-state index contributed by atoms with van der Waals surface area (Å²) in [5, 5.41) is 10.8. The molecule has 0 bridgehead atoms. The van der Waals surface area contributed by atoms with Crippen molar-refractivity contribution in [3.8, 4) is 6.01 Å². The van der Waals surface area contributed by atoms with Crippen LogP contribution in [0.4, 0.5) is 19.0 Å². The number of hydrogen-bond donors (Lipinski definition) is 2. The molecule has 4 atom stereocenters. The van der Waals surface area contributed by atoms with Crippen molar-refractivity contribution in [1.29, 1.82) is 0 Å². The molecule has 48 heavy (non-hydrogen) atoms. The lowest BCUT2D eigenvalue weighted by molar-refractivity contribution is 0.0715. The van der Waals surface area contributed by atoms with E-state index in [4.69, 9.17) is 37.0 Å². The molecule has 0 amide bonds. The minimum Gasteiger partial charge on any atom is -0.461 e. The fraction of sp³-hybridized carbons (Fsp3) is 0.618. The van der Waals surface area contributed by atoms with Crippen molar-refractivity contribution in [3.05, 3.63) is 56.9 Å². The van der Waals surface area contributed by atoms with E-state index in [1.807, 2.05) is 7.05 Å². The number of fused-ring (bicyclic) bond motifs is 4. The first-order chi connectivity index (χ1) is 22.9. The molecule has 10 nitrogen and oxygen atoms in total. The molecule has 0 saturated carbocycles. The fourth-order valence-corrected chi connectivity index (χ4v) is 8.81. The molecule has 5 heterocycles. The average Bonchev–Trinajstić information content (AvgIpc) is 3.65. The van der Waals surface area contributed by atoms with E-state index >= 15 is 4.39 Å². The van der Waals surface area contributed by atoms with E-state index in [-0.39, 0.29) is 29.9 Å². The summed E-state index contributed by atoms with van der Waals surface area (Å²) in [6, 6.07) is 2.59. The fourth-order valence-electron chi connectivity index (χ4n) is 8.60. The van der Waals surface area contributed by atoms with E-state index in [1.54, 1.807) is 19.0 Å². The average molecular weight is 689 g/mol. The monoisotopic (exact) mass is 688 g/mol. The van der Waals surface area contributed by atoms with Gasteiger partial charge in [-0.05, 0) is 77.5 Å². The molecule has 2 saturated heterocycles. The Labute approximate surface area is 284 Å². The lowest BCUT2D eigenvalue weighted by Crippen LogP contribution is -2.48. The molecular formula is C34H44ClF3N8O2. The molecule has 2 fully saturated rings. The molecule has 1 spiro atoms. The molecule has 2 aromatic rings. The zero-order chi connectivity index (χ0) is 34.0. The van der Waals surface area contributed by atoms with Crippen LogP contribution < -0.4 is 15.4 Å². The highest BCUT2D eigenvalue weighted by atomic mass is 35.5. The van der Waals surface area contributed by atoms with Gasteiger partial charge in [-0.1, -0.05) is 11.6 Å². The third-order valence-corrected chi connectivity index (χ3v) is 11.6. The number of aliphatic hydroxyl groups is 1. The van der Waals surface area contributed by atoms with E-state index in [2.05, 4.69) is 14.7 Å². The number of nitrogens with zero attached hydrogens (tertiary/aromatic N) is 7. The third-order valence-electron chi connectivity index (χ3n) is 11.1. The normalized spacial score (nSPS) is 28.6. The number of alkyl halides is 1. The van der Waals surface area contributed by atoms with Gasteiger partial charge in [-0.25, -0.2) is 13.2 Å². The first-order valence-electron chi connectivity index (χ1n) is 16.8. The van der Waals surface area contributed by atoms with Gasteiger partial charge in [-0.3, -0.25) is 19.7 Å². The maximum Gasteiger partial charge on any atom is 0.318 e. The van der Waals surface area contributed by atoms with Crippen LogP contribution in [0.25, 0.3) is 0 Å². The third kappa shape index (κ3) is 5.65. The number of halogens is 4. The Morgan fingerprint density at radius 3 is 2.73 bits per heavy atom. The minimum atomic E-state index is -1.08. The lowest BCUT2D eigenvalue weighted by atomic mass is 9.80. The number of nitrogens with two attached hydrogens (primary N) is 1. The molecule has 7 rings (SSSR count). The topological polar surface area (TPSA) is 107 Å². The number of anilines is 1. The maximum absolute atomic E-state index is 15.5. The Bertz CT molecular complexity index is 1660. The summed E-state index contributed by atoms with van der Waals surface area (Å²) in [5.41, 5.74) is 8.15. The number of aliphatic hydroxyl groups excluding tert-OH is 1. The lowest BCUT2D eigenvalue weighted by Gasteiger charge is -2.44. The van der Waals surface area contributed by atoms with E-state index in [9.17, 15) is 13.9 Å². The summed E-state index contributed by atoms with van der Waals surface area (Å²) in [6.45, 7) is 3.31. The molecule has 1 aromatic heterocycles. The van der Waals surface area contributed by atoms with Crippen LogP contribution in [0.3, 0.4) is 0 Å². The van der Waals surface area contributed by atoms with Crippen molar-refractivity contribution in [2.45, 2.75) is 75.0 Å². The highest BCUT2D eigenvalue weighted by Crippen LogP contribution is 2.50. The van der Waals surface area contributed by atoms with E-state index < -0.39 is 35.1 Å². The second kappa shape index (κ2) is 12.7. The smallest absolute Gasteiger partial charge is 0.318 e. The van der Waals surface area contributed by atoms with Crippen molar-refractivity contribution >= 4 is 23.1 Å². The Morgan fingerprint density at radius 1 is 1.15 bits per heavy atom. The van der Waals surface area contributed by atoms with E-state index in [1.165, 1.54) is 12.1 Å². The van der Waals surface area contributed by atoms with Gasteiger partial charge < -0.3 is 20.5 Å². The molecule has 0 radical (unpaired) electrons. The standard InChI is InChI=1S/C34H44ClF3N8O2/c1-43(2)31(47)29(39)28(35)26-18-45(12-5-11-40-26)30-22-17-44(3)34(10-8-21-23(37)6-7-24(38)27(21)34)15-25(22)41-32(42-30)48-19-33-9-4-13-46(33)16-20(36)14-33/h6-7,20,31,47H,4-5,8-19,39H2,1-3H3/t20-,31?,33+,34+/m1/s1.